The summed E-state index contributed by atoms with van der Waals surface area (Å²) >= 11 is 0. The van der Waals surface area contributed by atoms with Crippen LogP contribution < -0.4 is 16.4 Å². The van der Waals surface area contributed by atoms with E-state index in [1.165, 1.54) is 16.4 Å². The summed E-state index contributed by atoms with van der Waals surface area (Å²) in [5.41, 5.74) is 8.22. The van der Waals surface area contributed by atoms with Gasteiger partial charge in [0.15, 0.2) is 0 Å². The van der Waals surface area contributed by atoms with Gasteiger partial charge in [-0.3, -0.25) is 4.79 Å². The Labute approximate surface area is 158 Å². The number of benzene rings is 2. The average molecular weight is 366 g/mol. The highest BCUT2D eigenvalue weighted by atomic mass is 16.2. The van der Waals surface area contributed by atoms with Crippen LogP contribution in [0.4, 0.5) is 10.5 Å². The van der Waals surface area contributed by atoms with Crippen LogP contribution in [0.2, 0.25) is 0 Å². The minimum atomic E-state index is -0.507. The van der Waals surface area contributed by atoms with Crippen molar-refractivity contribution in [2.75, 3.05) is 11.9 Å². The summed E-state index contributed by atoms with van der Waals surface area (Å²) in [6.07, 6.45) is 2.93. The van der Waals surface area contributed by atoms with Crippen LogP contribution >= 0.6 is 0 Å². The van der Waals surface area contributed by atoms with Crippen LogP contribution in [0.5, 0.6) is 0 Å². The van der Waals surface area contributed by atoms with Crippen LogP contribution in [0.25, 0.3) is 21.8 Å². The number of fused-ring (bicyclic) bond motifs is 3. The van der Waals surface area contributed by atoms with Crippen molar-refractivity contribution in [1.82, 2.24) is 9.88 Å². The fraction of sp³-hybridized carbons (Fsp3) is 0.333. The van der Waals surface area contributed by atoms with E-state index in [1.54, 1.807) is 0 Å². The summed E-state index contributed by atoms with van der Waals surface area (Å²) in [6, 6.07) is 13.9. The Morgan fingerprint density at radius 3 is 2.56 bits per heavy atom. The van der Waals surface area contributed by atoms with E-state index in [4.69, 9.17) is 5.73 Å². The van der Waals surface area contributed by atoms with Crippen LogP contribution in [0.3, 0.4) is 0 Å². The first-order valence-electron chi connectivity index (χ1n) is 9.44. The lowest BCUT2D eigenvalue weighted by atomic mass is 10.1. The number of unbranched alkanes of at least 4 members (excludes halogenated alkanes) is 2. The zero-order chi connectivity index (χ0) is 19.2. The van der Waals surface area contributed by atoms with Gasteiger partial charge in [-0.2, -0.15) is 0 Å². The van der Waals surface area contributed by atoms with Gasteiger partial charge in [0.1, 0.15) is 0 Å². The molecule has 0 saturated carbocycles. The van der Waals surface area contributed by atoms with Crippen molar-refractivity contribution in [1.29, 1.82) is 0 Å². The van der Waals surface area contributed by atoms with Crippen molar-refractivity contribution in [3.63, 3.8) is 0 Å². The van der Waals surface area contributed by atoms with Gasteiger partial charge in [0.05, 0.1) is 0 Å². The van der Waals surface area contributed by atoms with Gasteiger partial charge in [-0.25, -0.2) is 4.79 Å². The highest BCUT2D eigenvalue weighted by molar-refractivity contribution is 6.09. The van der Waals surface area contributed by atoms with E-state index < -0.39 is 6.03 Å². The third-order valence-electron chi connectivity index (χ3n) is 4.75. The minimum absolute atomic E-state index is 0.0106. The summed E-state index contributed by atoms with van der Waals surface area (Å²) in [4.78, 5) is 22.8. The van der Waals surface area contributed by atoms with Crippen molar-refractivity contribution in [2.45, 2.75) is 39.2 Å². The molecule has 0 unspecified atom stereocenters. The molecule has 27 heavy (non-hydrogen) atoms. The number of para-hydroxylation sites is 1. The zero-order valence-electron chi connectivity index (χ0n) is 15.6. The van der Waals surface area contributed by atoms with Crippen LogP contribution in [-0.4, -0.2) is 23.1 Å². The second-order valence-electron chi connectivity index (χ2n) is 6.64. The molecule has 0 aliphatic rings. The van der Waals surface area contributed by atoms with Gasteiger partial charge in [0, 0.05) is 47.0 Å². The Balaban J connectivity index is 1.63. The van der Waals surface area contributed by atoms with E-state index in [-0.39, 0.29) is 5.91 Å². The van der Waals surface area contributed by atoms with Gasteiger partial charge in [-0.05, 0) is 44.0 Å². The van der Waals surface area contributed by atoms with Crippen LogP contribution in [0.1, 0.15) is 32.6 Å². The maximum atomic E-state index is 12.2. The van der Waals surface area contributed by atoms with Crippen molar-refractivity contribution >= 4 is 39.4 Å². The molecule has 0 aliphatic carbocycles. The normalized spacial score (nSPS) is 11.0. The van der Waals surface area contributed by atoms with E-state index in [9.17, 15) is 9.59 Å². The predicted molar refractivity (Wildman–Crippen MR) is 110 cm³/mol. The first kappa shape index (κ1) is 18.8. The van der Waals surface area contributed by atoms with Gasteiger partial charge < -0.3 is 20.9 Å². The Morgan fingerprint density at radius 2 is 1.78 bits per heavy atom. The maximum Gasteiger partial charge on any atom is 0.312 e. The number of aryl methyl sites for hydroxylation is 1. The molecule has 6 nitrogen and oxygen atoms in total. The van der Waals surface area contributed by atoms with Crippen molar-refractivity contribution in [2.24, 2.45) is 5.73 Å². The third-order valence-corrected chi connectivity index (χ3v) is 4.75. The number of carbonyl (C=O) groups is 2. The molecule has 3 amide bonds. The summed E-state index contributed by atoms with van der Waals surface area (Å²) in [5.74, 6) is 0.0106. The lowest BCUT2D eigenvalue weighted by Gasteiger charge is -2.07. The number of carbonyl (C=O) groups excluding carboxylic acids is 2. The number of nitrogens with two attached hydrogens (primary N) is 1. The molecular weight excluding hydrogens is 340 g/mol. The van der Waals surface area contributed by atoms with Gasteiger partial charge in [0.2, 0.25) is 5.91 Å². The number of nitrogens with one attached hydrogen (secondary N) is 2. The average Bonchev–Trinajstić information content (AvgIpc) is 2.97. The zero-order valence-corrected chi connectivity index (χ0v) is 15.6. The molecule has 0 spiro atoms. The second kappa shape index (κ2) is 8.58. The quantitative estimate of drug-likeness (QED) is 0.526. The first-order valence-corrected chi connectivity index (χ1v) is 9.44. The number of hydrogen-bond donors (Lipinski definition) is 3. The molecule has 1 heterocycles. The van der Waals surface area contributed by atoms with Crippen LogP contribution in [0, 0.1) is 0 Å². The molecule has 0 atom stereocenters. The highest BCUT2D eigenvalue weighted by Crippen LogP contribution is 2.31. The molecule has 6 heteroatoms. The Hall–Kier alpha value is -3.02. The lowest BCUT2D eigenvalue weighted by molar-refractivity contribution is -0.116. The van der Waals surface area contributed by atoms with Crippen LogP contribution in [0.15, 0.2) is 42.5 Å². The molecule has 0 saturated heterocycles. The predicted octanol–water partition coefficient (Wildman–Crippen LogP) is 3.98. The van der Waals surface area contributed by atoms with Gasteiger partial charge in [0.25, 0.3) is 0 Å². The molecule has 0 aliphatic heterocycles. The van der Waals surface area contributed by atoms with Gasteiger partial charge in [-0.1, -0.05) is 24.6 Å². The van der Waals surface area contributed by atoms with E-state index in [2.05, 4.69) is 52.5 Å². The van der Waals surface area contributed by atoms with Gasteiger partial charge in [-0.15, -0.1) is 0 Å². The summed E-state index contributed by atoms with van der Waals surface area (Å²) in [7, 11) is 0. The molecule has 0 fully saturated rings. The number of amides is 3. The van der Waals surface area contributed by atoms with Crippen LogP contribution in [-0.2, 0) is 11.3 Å². The lowest BCUT2D eigenvalue weighted by Crippen LogP contribution is -2.29. The maximum absolute atomic E-state index is 12.2. The smallest absolute Gasteiger partial charge is 0.312 e. The molecular formula is C21H26N4O2. The molecule has 1 aromatic heterocycles. The van der Waals surface area contributed by atoms with E-state index in [0.717, 1.165) is 36.9 Å². The van der Waals surface area contributed by atoms with E-state index in [0.29, 0.717) is 13.0 Å². The monoisotopic (exact) mass is 366 g/mol. The molecule has 2 aromatic carbocycles. The van der Waals surface area contributed by atoms with E-state index >= 15 is 0 Å². The number of primary amides is 1. The molecule has 0 radical (unpaired) electrons. The summed E-state index contributed by atoms with van der Waals surface area (Å²) < 4.78 is 2.29. The molecule has 3 rings (SSSR count). The highest BCUT2D eigenvalue weighted by Gasteiger charge is 2.10. The third kappa shape index (κ3) is 4.39. The Morgan fingerprint density at radius 1 is 1.00 bits per heavy atom. The SMILES string of the molecule is CCn1c2ccccc2c2cc(NC(=O)CCCCCNC(N)=O)ccc21. The summed E-state index contributed by atoms with van der Waals surface area (Å²) in [5, 5.41) is 7.90. The summed E-state index contributed by atoms with van der Waals surface area (Å²) in [6.45, 7) is 3.59. The number of anilines is 1. The minimum Gasteiger partial charge on any atom is -0.352 e. The molecule has 4 N–H and O–H groups in total. The largest absolute Gasteiger partial charge is 0.352 e. The fourth-order valence-corrected chi connectivity index (χ4v) is 3.49. The van der Waals surface area contributed by atoms with Gasteiger partial charge >= 0.3 is 6.03 Å². The molecule has 142 valence electrons. The van der Waals surface area contributed by atoms with Crippen molar-refractivity contribution in [3.05, 3.63) is 42.5 Å². The molecule has 0 bridgehead atoms. The second-order valence-corrected chi connectivity index (χ2v) is 6.64. The first-order chi connectivity index (χ1) is 13.1. The van der Waals surface area contributed by atoms with E-state index in [1.807, 2.05) is 12.1 Å². The standard InChI is InChI=1S/C21H26N4O2/c1-2-25-18-9-6-5-8-16(18)17-14-15(11-12-19(17)25)24-20(26)10-4-3-7-13-23-21(22)27/h5-6,8-9,11-12,14H,2-4,7,10,13H2,1H3,(H,24,26)(H3,22,23,27). The number of aromatic nitrogens is 1. The number of hydrogen-bond acceptors (Lipinski definition) is 2. The number of rotatable bonds is 8. The fourth-order valence-electron chi connectivity index (χ4n) is 3.49. The Kier molecular flexibility index (Phi) is 5.96. The van der Waals surface area contributed by atoms with Crippen molar-refractivity contribution < 1.29 is 9.59 Å². The number of urea groups is 1. The van der Waals surface area contributed by atoms with Crippen molar-refractivity contribution in [3.8, 4) is 0 Å². The number of nitrogens with zero attached hydrogens (tertiary/aromatic N) is 1. The molecule has 3 aromatic rings. The topological polar surface area (TPSA) is 89.2 Å². The Bertz CT molecular complexity index is 961.